The molecule has 0 saturated carbocycles. The van der Waals surface area contributed by atoms with Gasteiger partial charge in [-0.15, -0.1) is 11.3 Å². The number of hydrogen-bond donors (Lipinski definition) is 1. The fourth-order valence-corrected chi connectivity index (χ4v) is 4.65. The highest BCUT2D eigenvalue weighted by atomic mass is 35.5. The summed E-state index contributed by atoms with van der Waals surface area (Å²) in [6.45, 7) is 2.56. The van der Waals surface area contributed by atoms with Gasteiger partial charge in [-0.3, -0.25) is 0 Å². The Balaban J connectivity index is 1.99. The minimum Gasteiger partial charge on any atom is -0.477 e. The van der Waals surface area contributed by atoms with E-state index in [0.717, 1.165) is 29.1 Å². The van der Waals surface area contributed by atoms with Crippen LogP contribution in [0.2, 0.25) is 4.47 Å². The number of rotatable bonds is 3. The van der Waals surface area contributed by atoms with E-state index in [-0.39, 0.29) is 17.5 Å². The number of benzene rings is 1. The zero-order valence-electron chi connectivity index (χ0n) is 13.6. The highest BCUT2D eigenvalue weighted by Gasteiger charge is 2.39. The molecule has 1 aliphatic rings. The molecular weight excluding hydrogens is 358 g/mol. The first kappa shape index (κ1) is 16.3. The molecule has 0 saturated heterocycles. The molecule has 3 heterocycles. The lowest BCUT2D eigenvalue weighted by atomic mass is 10.1. The summed E-state index contributed by atoms with van der Waals surface area (Å²) < 4.78 is 4.10. The smallest absolute Gasteiger partial charge is 0.349 e. The molecule has 1 unspecified atom stereocenters. The number of nitrogens with zero attached hydrogens (tertiary/aromatic N) is 3. The topological polar surface area (TPSA) is 59.0 Å². The van der Waals surface area contributed by atoms with Crippen molar-refractivity contribution in [2.24, 2.45) is 0 Å². The van der Waals surface area contributed by atoms with E-state index < -0.39 is 0 Å². The standard InChI is InChI=1S/C18H16ClN3O2S/c1-2-21-14-9-8-12(13-10-20-18(19)25-13)22(14)17(24)15(16(21)23)11-6-4-3-5-7-11/h3-7,10,12H,2,8-9H2,1H3/p+1. The molecule has 128 valence electrons. The number of aromatic nitrogens is 3. The largest absolute Gasteiger partial charge is 0.477 e. The summed E-state index contributed by atoms with van der Waals surface area (Å²) in [5, 5.41) is 10.8. The highest BCUT2D eigenvalue weighted by Crippen LogP contribution is 2.33. The van der Waals surface area contributed by atoms with Crippen LogP contribution in [-0.2, 0) is 13.0 Å². The van der Waals surface area contributed by atoms with E-state index in [9.17, 15) is 9.90 Å². The van der Waals surface area contributed by atoms with Gasteiger partial charge in [-0.2, -0.15) is 9.13 Å². The molecule has 0 bridgehead atoms. The summed E-state index contributed by atoms with van der Waals surface area (Å²) in [5.41, 5.74) is 0.889. The first-order chi connectivity index (χ1) is 12.1. The summed E-state index contributed by atoms with van der Waals surface area (Å²) in [5.74, 6) is 0.882. The molecule has 1 N–H and O–H groups in total. The van der Waals surface area contributed by atoms with Crippen LogP contribution in [0.1, 0.15) is 30.1 Å². The first-order valence-corrected chi connectivity index (χ1v) is 9.38. The minimum atomic E-state index is -0.171. The van der Waals surface area contributed by atoms with E-state index in [1.165, 1.54) is 11.3 Å². The Bertz CT molecular complexity index is 998. The second-order valence-electron chi connectivity index (χ2n) is 5.97. The van der Waals surface area contributed by atoms with Gasteiger partial charge in [0.15, 0.2) is 10.0 Å². The van der Waals surface area contributed by atoms with Gasteiger partial charge in [-0.1, -0.05) is 41.9 Å². The number of thiazole rings is 1. The third kappa shape index (κ3) is 2.56. The third-order valence-electron chi connectivity index (χ3n) is 4.66. The van der Waals surface area contributed by atoms with Crippen LogP contribution < -0.4 is 10.1 Å². The van der Waals surface area contributed by atoms with E-state index >= 15 is 0 Å². The van der Waals surface area contributed by atoms with Gasteiger partial charge in [0.05, 0.1) is 17.8 Å². The molecule has 5 nitrogen and oxygen atoms in total. The van der Waals surface area contributed by atoms with Crippen molar-refractivity contribution < 1.29 is 9.67 Å². The molecule has 0 amide bonds. The number of hydrogen-bond acceptors (Lipinski definition) is 4. The van der Waals surface area contributed by atoms with E-state index in [1.807, 2.05) is 41.8 Å². The van der Waals surface area contributed by atoms with Crippen LogP contribution in [0.25, 0.3) is 11.1 Å². The van der Waals surface area contributed by atoms with E-state index in [2.05, 4.69) is 4.98 Å². The van der Waals surface area contributed by atoms with Gasteiger partial charge in [0.1, 0.15) is 6.04 Å². The zero-order chi connectivity index (χ0) is 17.6. The molecule has 1 atom stereocenters. The van der Waals surface area contributed by atoms with Crippen LogP contribution >= 0.6 is 22.9 Å². The van der Waals surface area contributed by atoms with Gasteiger partial charge in [-0.05, 0) is 12.5 Å². The summed E-state index contributed by atoms with van der Waals surface area (Å²) in [4.78, 5) is 18.4. The zero-order valence-corrected chi connectivity index (χ0v) is 15.2. The van der Waals surface area contributed by atoms with Gasteiger partial charge < -0.3 is 5.11 Å². The lowest BCUT2D eigenvalue weighted by Gasteiger charge is -2.12. The fraction of sp³-hybridized carbons (Fsp3) is 0.278. The van der Waals surface area contributed by atoms with Gasteiger partial charge in [-0.25, -0.2) is 9.78 Å². The molecular formula is C18H17ClN3O2S+. The lowest BCUT2D eigenvalue weighted by molar-refractivity contribution is -0.723. The fourth-order valence-electron chi connectivity index (χ4n) is 3.57. The molecule has 3 aromatic rings. The number of fused-ring (bicyclic) bond motifs is 1. The number of halogens is 1. The maximum Gasteiger partial charge on any atom is 0.349 e. The predicted molar refractivity (Wildman–Crippen MR) is 97.3 cm³/mol. The second-order valence-corrected chi connectivity index (χ2v) is 7.61. The second kappa shape index (κ2) is 6.28. The van der Waals surface area contributed by atoms with E-state index in [1.54, 1.807) is 10.8 Å². The monoisotopic (exact) mass is 374 g/mol. The van der Waals surface area contributed by atoms with Crippen molar-refractivity contribution in [3.8, 4) is 17.0 Å². The number of aromatic hydroxyl groups is 1. The summed E-state index contributed by atoms with van der Waals surface area (Å²) in [7, 11) is 0. The van der Waals surface area contributed by atoms with Crippen LogP contribution in [0.3, 0.4) is 0 Å². The van der Waals surface area contributed by atoms with Crippen molar-refractivity contribution in [2.75, 3.05) is 0 Å². The SMILES string of the molecule is CCn1c(O)c(-c2ccccc2)c(=O)[n+]2c1CCC2c1cnc(Cl)s1. The maximum absolute atomic E-state index is 13.3. The van der Waals surface area contributed by atoms with Crippen LogP contribution in [0.5, 0.6) is 5.88 Å². The molecule has 0 radical (unpaired) electrons. The average Bonchev–Trinajstić information content (AvgIpc) is 3.23. The van der Waals surface area contributed by atoms with Crippen molar-refractivity contribution in [1.29, 1.82) is 0 Å². The average molecular weight is 375 g/mol. The summed E-state index contributed by atoms with van der Waals surface area (Å²) in [6.07, 6.45) is 3.27. The molecule has 4 rings (SSSR count). The van der Waals surface area contributed by atoms with Crippen LogP contribution in [-0.4, -0.2) is 14.7 Å². The molecule has 0 fully saturated rings. The van der Waals surface area contributed by atoms with Gasteiger partial charge in [0, 0.05) is 12.6 Å². The molecule has 1 aliphatic heterocycles. The minimum absolute atomic E-state index is 0.0351. The Morgan fingerprint density at radius 1 is 1.40 bits per heavy atom. The molecule has 2 aromatic heterocycles. The van der Waals surface area contributed by atoms with E-state index in [0.29, 0.717) is 16.6 Å². The van der Waals surface area contributed by atoms with Crippen LogP contribution in [0.4, 0.5) is 0 Å². The van der Waals surface area contributed by atoms with Crippen molar-refractivity contribution in [2.45, 2.75) is 32.4 Å². The predicted octanol–water partition coefficient (Wildman–Crippen LogP) is 3.17. The molecule has 0 aliphatic carbocycles. The Kier molecular flexibility index (Phi) is 4.09. The quantitative estimate of drug-likeness (QED) is 0.716. The normalized spacial score (nSPS) is 16.2. The van der Waals surface area contributed by atoms with Gasteiger partial charge in [0.2, 0.25) is 0 Å². The van der Waals surface area contributed by atoms with Crippen LogP contribution in [0.15, 0.2) is 41.3 Å². The van der Waals surface area contributed by atoms with Gasteiger partial charge >= 0.3 is 5.56 Å². The molecule has 7 heteroatoms. The Labute approximate surface area is 153 Å². The lowest BCUT2D eigenvalue weighted by Crippen LogP contribution is -2.55. The summed E-state index contributed by atoms with van der Waals surface area (Å²) in [6, 6.07) is 9.22. The van der Waals surface area contributed by atoms with Crippen molar-refractivity contribution in [1.82, 2.24) is 9.55 Å². The Morgan fingerprint density at radius 3 is 2.80 bits per heavy atom. The Hall–Kier alpha value is -2.18. The van der Waals surface area contributed by atoms with Crippen molar-refractivity contribution in [3.63, 3.8) is 0 Å². The van der Waals surface area contributed by atoms with Crippen LogP contribution in [0, 0.1) is 0 Å². The molecule has 0 spiro atoms. The Morgan fingerprint density at radius 2 is 2.16 bits per heavy atom. The molecule has 25 heavy (non-hydrogen) atoms. The first-order valence-electron chi connectivity index (χ1n) is 8.18. The summed E-state index contributed by atoms with van der Waals surface area (Å²) >= 11 is 7.39. The third-order valence-corrected chi connectivity index (χ3v) is 5.87. The van der Waals surface area contributed by atoms with Gasteiger partial charge in [0.25, 0.3) is 11.7 Å². The maximum atomic E-state index is 13.3. The van der Waals surface area contributed by atoms with Crippen molar-refractivity contribution in [3.05, 3.63) is 62.1 Å². The molecule has 1 aromatic carbocycles. The van der Waals surface area contributed by atoms with E-state index in [4.69, 9.17) is 11.6 Å². The van der Waals surface area contributed by atoms with Crippen molar-refractivity contribution >= 4 is 22.9 Å². The highest BCUT2D eigenvalue weighted by molar-refractivity contribution is 7.15.